The molecular formula is C10H12O3. The highest BCUT2D eigenvalue weighted by atomic mass is 16.7. The molecule has 1 aliphatic rings. The van der Waals surface area contributed by atoms with E-state index in [1.54, 1.807) is 12.1 Å². The Kier molecular flexibility index (Phi) is 2.47. The molecule has 70 valence electrons. The summed E-state index contributed by atoms with van der Waals surface area (Å²) in [7, 11) is 0. The SMILES string of the molecule is Oc1ccc(CC2OCCO2)cc1. The normalized spacial score (nSPS) is 17.8. The zero-order valence-corrected chi connectivity index (χ0v) is 7.27. The Morgan fingerprint density at radius 2 is 1.77 bits per heavy atom. The molecule has 0 radical (unpaired) electrons. The largest absolute Gasteiger partial charge is 0.508 e. The van der Waals surface area contributed by atoms with Crippen LogP contribution in [-0.4, -0.2) is 24.6 Å². The summed E-state index contributed by atoms with van der Waals surface area (Å²) in [5, 5.41) is 9.06. The molecule has 0 aromatic heterocycles. The van der Waals surface area contributed by atoms with Crippen LogP contribution in [-0.2, 0) is 15.9 Å². The van der Waals surface area contributed by atoms with Gasteiger partial charge in [-0.1, -0.05) is 12.1 Å². The highest BCUT2D eigenvalue weighted by Crippen LogP contribution is 2.14. The molecule has 1 fully saturated rings. The van der Waals surface area contributed by atoms with Gasteiger partial charge in [-0.05, 0) is 17.7 Å². The third kappa shape index (κ3) is 2.20. The van der Waals surface area contributed by atoms with Crippen LogP contribution < -0.4 is 0 Å². The number of rotatable bonds is 2. The third-order valence-corrected chi connectivity index (χ3v) is 2.03. The van der Waals surface area contributed by atoms with Crippen LogP contribution in [0, 0.1) is 0 Å². The van der Waals surface area contributed by atoms with Crippen molar-refractivity contribution >= 4 is 0 Å². The fraction of sp³-hybridized carbons (Fsp3) is 0.400. The van der Waals surface area contributed by atoms with Crippen LogP contribution in [0.2, 0.25) is 0 Å². The molecule has 1 N–H and O–H groups in total. The van der Waals surface area contributed by atoms with Gasteiger partial charge in [0, 0.05) is 6.42 Å². The monoisotopic (exact) mass is 180 g/mol. The van der Waals surface area contributed by atoms with Crippen molar-refractivity contribution in [1.82, 2.24) is 0 Å². The van der Waals surface area contributed by atoms with Crippen molar-refractivity contribution in [3.63, 3.8) is 0 Å². The molecule has 1 saturated heterocycles. The van der Waals surface area contributed by atoms with Gasteiger partial charge in [0.25, 0.3) is 0 Å². The Labute approximate surface area is 76.9 Å². The summed E-state index contributed by atoms with van der Waals surface area (Å²) < 4.78 is 10.6. The first kappa shape index (κ1) is 8.53. The van der Waals surface area contributed by atoms with E-state index in [9.17, 15) is 0 Å². The predicted octanol–water partition coefficient (Wildman–Crippen LogP) is 1.31. The van der Waals surface area contributed by atoms with Gasteiger partial charge in [-0.15, -0.1) is 0 Å². The van der Waals surface area contributed by atoms with Crippen LogP contribution in [0.25, 0.3) is 0 Å². The second-order valence-corrected chi connectivity index (χ2v) is 3.04. The minimum Gasteiger partial charge on any atom is -0.508 e. The summed E-state index contributed by atoms with van der Waals surface area (Å²) in [5.41, 5.74) is 1.12. The minimum atomic E-state index is -0.107. The highest BCUT2D eigenvalue weighted by molar-refractivity contribution is 5.26. The Morgan fingerprint density at radius 1 is 1.15 bits per heavy atom. The summed E-state index contributed by atoms with van der Waals surface area (Å²) >= 11 is 0. The van der Waals surface area contributed by atoms with E-state index in [1.165, 1.54) is 0 Å². The van der Waals surface area contributed by atoms with Gasteiger partial charge in [0.2, 0.25) is 0 Å². The molecule has 3 heteroatoms. The molecule has 3 nitrogen and oxygen atoms in total. The predicted molar refractivity (Wildman–Crippen MR) is 47.5 cm³/mol. The summed E-state index contributed by atoms with van der Waals surface area (Å²) in [6.07, 6.45) is 0.643. The van der Waals surface area contributed by atoms with E-state index < -0.39 is 0 Å². The van der Waals surface area contributed by atoms with Crippen molar-refractivity contribution in [3.8, 4) is 5.75 Å². The Balaban J connectivity index is 1.97. The summed E-state index contributed by atoms with van der Waals surface area (Å²) in [6.45, 7) is 1.37. The second kappa shape index (κ2) is 3.77. The molecule has 0 amide bonds. The second-order valence-electron chi connectivity index (χ2n) is 3.04. The zero-order chi connectivity index (χ0) is 9.10. The molecule has 13 heavy (non-hydrogen) atoms. The number of hydrogen-bond donors (Lipinski definition) is 1. The molecule has 0 saturated carbocycles. The molecule has 0 spiro atoms. The van der Waals surface area contributed by atoms with E-state index in [4.69, 9.17) is 14.6 Å². The molecule has 2 rings (SSSR count). The molecule has 1 heterocycles. The van der Waals surface area contributed by atoms with E-state index >= 15 is 0 Å². The van der Waals surface area contributed by atoms with Gasteiger partial charge in [0.05, 0.1) is 13.2 Å². The maximum absolute atomic E-state index is 9.06. The van der Waals surface area contributed by atoms with Crippen LogP contribution in [0.1, 0.15) is 5.56 Å². The van der Waals surface area contributed by atoms with Gasteiger partial charge in [0.15, 0.2) is 6.29 Å². The minimum absolute atomic E-state index is 0.107. The average Bonchev–Trinajstić information content (AvgIpc) is 2.62. The van der Waals surface area contributed by atoms with E-state index in [1.807, 2.05) is 12.1 Å². The van der Waals surface area contributed by atoms with Gasteiger partial charge in [0.1, 0.15) is 5.75 Å². The first-order valence-corrected chi connectivity index (χ1v) is 4.36. The van der Waals surface area contributed by atoms with Crippen molar-refractivity contribution in [2.45, 2.75) is 12.7 Å². The molecule has 0 aliphatic carbocycles. The summed E-state index contributed by atoms with van der Waals surface area (Å²) in [5.74, 6) is 0.289. The van der Waals surface area contributed by atoms with Gasteiger partial charge in [-0.2, -0.15) is 0 Å². The lowest BCUT2D eigenvalue weighted by atomic mass is 10.1. The van der Waals surface area contributed by atoms with Gasteiger partial charge in [-0.25, -0.2) is 0 Å². The molecular weight excluding hydrogens is 168 g/mol. The molecule has 0 atom stereocenters. The Morgan fingerprint density at radius 3 is 2.38 bits per heavy atom. The van der Waals surface area contributed by atoms with Crippen LogP contribution in [0.4, 0.5) is 0 Å². The zero-order valence-electron chi connectivity index (χ0n) is 7.27. The summed E-state index contributed by atoms with van der Waals surface area (Å²) in [6, 6.07) is 7.09. The average molecular weight is 180 g/mol. The number of phenols is 1. The standard InChI is InChI=1S/C10H12O3/c11-9-3-1-8(2-4-9)7-10-12-5-6-13-10/h1-4,10-11H,5-7H2. The van der Waals surface area contributed by atoms with Crippen molar-refractivity contribution in [2.24, 2.45) is 0 Å². The van der Waals surface area contributed by atoms with E-state index in [-0.39, 0.29) is 12.0 Å². The van der Waals surface area contributed by atoms with E-state index in [2.05, 4.69) is 0 Å². The lowest BCUT2D eigenvalue weighted by molar-refractivity contribution is -0.0400. The maximum Gasteiger partial charge on any atom is 0.161 e. The molecule has 0 unspecified atom stereocenters. The van der Waals surface area contributed by atoms with Crippen LogP contribution in [0.15, 0.2) is 24.3 Å². The molecule has 1 aromatic rings. The van der Waals surface area contributed by atoms with E-state index in [0.717, 1.165) is 12.0 Å². The number of ether oxygens (including phenoxy) is 2. The number of aromatic hydroxyl groups is 1. The number of hydrogen-bond acceptors (Lipinski definition) is 3. The molecule has 1 aromatic carbocycles. The fourth-order valence-corrected chi connectivity index (χ4v) is 1.35. The highest BCUT2D eigenvalue weighted by Gasteiger charge is 2.15. The Hall–Kier alpha value is -1.06. The van der Waals surface area contributed by atoms with Crippen LogP contribution in [0.3, 0.4) is 0 Å². The topological polar surface area (TPSA) is 38.7 Å². The number of benzene rings is 1. The quantitative estimate of drug-likeness (QED) is 0.745. The number of phenolic OH excluding ortho intramolecular Hbond substituents is 1. The Bertz CT molecular complexity index is 262. The smallest absolute Gasteiger partial charge is 0.161 e. The van der Waals surface area contributed by atoms with Crippen LogP contribution in [0.5, 0.6) is 5.75 Å². The van der Waals surface area contributed by atoms with Crippen molar-refractivity contribution in [3.05, 3.63) is 29.8 Å². The first-order valence-electron chi connectivity index (χ1n) is 4.36. The van der Waals surface area contributed by atoms with Crippen molar-refractivity contribution in [2.75, 3.05) is 13.2 Å². The first-order chi connectivity index (χ1) is 6.34. The fourth-order valence-electron chi connectivity index (χ4n) is 1.35. The van der Waals surface area contributed by atoms with Crippen molar-refractivity contribution < 1.29 is 14.6 Å². The van der Waals surface area contributed by atoms with E-state index in [0.29, 0.717) is 13.2 Å². The molecule has 1 aliphatic heterocycles. The summed E-state index contributed by atoms with van der Waals surface area (Å²) in [4.78, 5) is 0. The van der Waals surface area contributed by atoms with Gasteiger partial charge < -0.3 is 14.6 Å². The van der Waals surface area contributed by atoms with Crippen molar-refractivity contribution in [1.29, 1.82) is 0 Å². The van der Waals surface area contributed by atoms with Gasteiger partial charge in [-0.3, -0.25) is 0 Å². The van der Waals surface area contributed by atoms with Crippen LogP contribution >= 0.6 is 0 Å². The maximum atomic E-state index is 9.06. The van der Waals surface area contributed by atoms with Gasteiger partial charge >= 0.3 is 0 Å². The lowest BCUT2D eigenvalue weighted by Gasteiger charge is -2.08. The molecule has 0 bridgehead atoms. The third-order valence-electron chi connectivity index (χ3n) is 2.03. The lowest BCUT2D eigenvalue weighted by Crippen LogP contribution is -2.10.